The summed E-state index contributed by atoms with van der Waals surface area (Å²) in [4.78, 5) is 29.3. The van der Waals surface area contributed by atoms with Gasteiger partial charge in [0.25, 0.3) is 5.91 Å². The lowest BCUT2D eigenvalue weighted by atomic mass is 10.2. The Bertz CT molecular complexity index is 557. The molecule has 20 heavy (non-hydrogen) atoms. The van der Waals surface area contributed by atoms with Crippen molar-refractivity contribution in [3.8, 4) is 0 Å². The molecule has 0 bridgehead atoms. The highest BCUT2D eigenvalue weighted by Gasteiger charge is 2.31. The van der Waals surface area contributed by atoms with Gasteiger partial charge in [-0.25, -0.2) is 0 Å². The minimum atomic E-state index is -0.445. The second-order valence-electron chi connectivity index (χ2n) is 4.49. The lowest BCUT2D eigenvalue weighted by Crippen LogP contribution is -2.22. The van der Waals surface area contributed by atoms with Gasteiger partial charge in [-0.05, 0) is 24.3 Å². The van der Waals surface area contributed by atoms with Crippen molar-refractivity contribution < 1.29 is 9.59 Å². The highest BCUT2D eigenvalue weighted by molar-refractivity contribution is 8.15. The van der Waals surface area contributed by atoms with Crippen LogP contribution in [0.3, 0.4) is 0 Å². The van der Waals surface area contributed by atoms with E-state index in [0.717, 1.165) is 0 Å². The molecule has 2 rings (SSSR count). The van der Waals surface area contributed by atoms with Crippen molar-refractivity contribution >= 4 is 46.0 Å². The predicted octanol–water partition coefficient (Wildman–Crippen LogP) is 2.23. The number of halogens is 1. The number of hydrogen-bond acceptors (Lipinski definition) is 4. The number of benzene rings is 1. The molecular formula is C13H14ClN3O2S. The maximum Gasteiger partial charge on any atom is 0.262 e. The van der Waals surface area contributed by atoms with Gasteiger partial charge in [0.1, 0.15) is 5.25 Å². The summed E-state index contributed by atoms with van der Waals surface area (Å²) in [5, 5.41) is 3.53. The van der Waals surface area contributed by atoms with Gasteiger partial charge in [-0.3, -0.25) is 9.59 Å². The summed E-state index contributed by atoms with van der Waals surface area (Å²) in [6, 6.07) is 6.82. The van der Waals surface area contributed by atoms with Gasteiger partial charge in [-0.1, -0.05) is 23.4 Å². The van der Waals surface area contributed by atoms with Gasteiger partial charge in [0.15, 0.2) is 5.17 Å². The van der Waals surface area contributed by atoms with E-state index in [1.165, 1.54) is 11.8 Å². The molecule has 106 valence electrons. The molecule has 0 saturated carbocycles. The van der Waals surface area contributed by atoms with E-state index in [2.05, 4.69) is 10.3 Å². The van der Waals surface area contributed by atoms with Crippen LogP contribution in [0.1, 0.15) is 6.42 Å². The second kappa shape index (κ2) is 6.28. The van der Waals surface area contributed by atoms with E-state index in [4.69, 9.17) is 11.6 Å². The van der Waals surface area contributed by atoms with Gasteiger partial charge in [0, 0.05) is 31.2 Å². The van der Waals surface area contributed by atoms with Gasteiger partial charge in [-0.2, -0.15) is 4.99 Å². The van der Waals surface area contributed by atoms with E-state index in [1.54, 1.807) is 29.2 Å². The van der Waals surface area contributed by atoms with E-state index in [9.17, 15) is 9.59 Å². The standard InChI is InChI=1S/C13H14ClN3O2S/c1-17(2)13-16-12(19)10(20-13)7-11(18)15-9-5-3-8(14)4-6-9/h3-6,10H,7H2,1-2H3,(H,15,18). The van der Waals surface area contributed by atoms with Crippen LogP contribution >= 0.6 is 23.4 Å². The van der Waals surface area contributed by atoms with E-state index in [1.807, 2.05) is 14.1 Å². The van der Waals surface area contributed by atoms with Gasteiger partial charge in [-0.15, -0.1) is 0 Å². The highest BCUT2D eigenvalue weighted by atomic mass is 35.5. The van der Waals surface area contributed by atoms with Crippen molar-refractivity contribution in [3.63, 3.8) is 0 Å². The van der Waals surface area contributed by atoms with Crippen LogP contribution < -0.4 is 5.32 Å². The fraction of sp³-hybridized carbons (Fsp3) is 0.308. The number of anilines is 1. The Kier molecular flexibility index (Phi) is 4.67. The normalized spacial score (nSPS) is 17.9. The van der Waals surface area contributed by atoms with Crippen LogP contribution in [-0.2, 0) is 9.59 Å². The van der Waals surface area contributed by atoms with Crippen molar-refractivity contribution in [1.82, 2.24) is 4.90 Å². The third-order valence-corrected chi connectivity index (χ3v) is 4.18. The van der Waals surface area contributed by atoms with Crippen LogP contribution in [0.5, 0.6) is 0 Å². The molecule has 7 heteroatoms. The molecular weight excluding hydrogens is 298 g/mol. The van der Waals surface area contributed by atoms with Crippen LogP contribution in [-0.4, -0.2) is 41.2 Å². The molecule has 2 amide bonds. The van der Waals surface area contributed by atoms with E-state index < -0.39 is 5.25 Å². The number of hydrogen-bond donors (Lipinski definition) is 1. The molecule has 1 aromatic rings. The molecule has 1 unspecified atom stereocenters. The van der Waals surface area contributed by atoms with E-state index in [0.29, 0.717) is 15.9 Å². The van der Waals surface area contributed by atoms with Crippen LogP contribution in [0.25, 0.3) is 0 Å². The fourth-order valence-corrected chi connectivity index (χ4v) is 2.74. The number of rotatable bonds is 3. The summed E-state index contributed by atoms with van der Waals surface area (Å²) in [5.74, 6) is -0.474. The molecule has 1 atom stereocenters. The Morgan fingerprint density at radius 1 is 1.40 bits per heavy atom. The number of aliphatic imine (C=N–C) groups is 1. The second-order valence-corrected chi connectivity index (χ2v) is 6.10. The SMILES string of the molecule is CN(C)C1=NC(=O)C(CC(=O)Nc2ccc(Cl)cc2)S1. The summed E-state index contributed by atoms with van der Waals surface area (Å²) in [6.45, 7) is 0. The Morgan fingerprint density at radius 3 is 2.60 bits per heavy atom. The first-order valence-electron chi connectivity index (χ1n) is 5.97. The first kappa shape index (κ1) is 14.9. The lowest BCUT2D eigenvalue weighted by Gasteiger charge is -2.11. The van der Waals surface area contributed by atoms with Gasteiger partial charge in [0.05, 0.1) is 0 Å². The summed E-state index contributed by atoms with van der Waals surface area (Å²) >= 11 is 7.08. The molecule has 0 saturated heterocycles. The van der Waals surface area contributed by atoms with Crippen molar-refractivity contribution in [1.29, 1.82) is 0 Å². The van der Waals surface area contributed by atoms with E-state index in [-0.39, 0.29) is 18.2 Å². The molecule has 1 aliphatic heterocycles. The molecule has 0 aromatic heterocycles. The average molecular weight is 312 g/mol. The zero-order valence-electron chi connectivity index (χ0n) is 11.1. The first-order chi connectivity index (χ1) is 9.45. The Hall–Kier alpha value is -1.53. The lowest BCUT2D eigenvalue weighted by molar-refractivity contribution is -0.121. The minimum Gasteiger partial charge on any atom is -0.357 e. The number of nitrogens with zero attached hydrogens (tertiary/aromatic N) is 2. The number of nitrogens with one attached hydrogen (secondary N) is 1. The molecule has 0 aliphatic carbocycles. The largest absolute Gasteiger partial charge is 0.357 e. The summed E-state index contributed by atoms with van der Waals surface area (Å²) < 4.78 is 0. The van der Waals surface area contributed by atoms with Crippen molar-refractivity contribution in [3.05, 3.63) is 29.3 Å². The highest BCUT2D eigenvalue weighted by Crippen LogP contribution is 2.26. The van der Waals surface area contributed by atoms with Crippen molar-refractivity contribution in [2.75, 3.05) is 19.4 Å². The number of amides is 2. The van der Waals surface area contributed by atoms with Crippen LogP contribution in [0.4, 0.5) is 5.69 Å². The monoisotopic (exact) mass is 311 g/mol. The predicted molar refractivity (Wildman–Crippen MR) is 82.2 cm³/mol. The minimum absolute atomic E-state index is 0.104. The molecule has 1 N–H and O–H groups in total. The third kappa shape index (κ3) is 3.74. The number of amidine groups is 1. The maximum atomic E-state index is 11.9. The Balaban J connectivity index is 1.90. The summed E-state index contributed by atoms with van der Waals surface area (Å²) in [5.41, 5.74) is 0.656. The molecule has 0 radical (unpaired) electrons. The summed E-state index contributed by atoms with van der Waals surface area (Å²) in [7, 11) is 3.63. The third-order valence-electron chi connectivity index (χ3n) is 2.61. The first-order valence-corrected chi connectivity index (χ1v) is 7.23. The average Bonchev–Trinajstić information content (AvgIpc) is 2.74. The fourth-order valence-electron chi connectivity index (χ4n) is 1.62. The smallest absolute Gasteiger partial charge is 0.262 e. The van der Waals surface area contributed by atoms with Gasteiger partial charge >= 0.3 is 0 Å². The zero-order chi connectivity index (χ0) is 14.7. The molecule has 0 spiro atoms. The molecule has 1 heterocycles. The van der Waals surface area contributed by atoms with E-state index >= 15 is 0 Å². The Labute approximate surface area is 126 Å². The van der Waals surface area contributed by atoms with Crippen molar-refractivity contribution in [2.45, 2.75) is 11.7 Å². The van der Waals surface area contributed by atoms with Gasteiger partial charge in [0.2, 0.25) is 5.91 Å². The number of thioether (sulfide) groups is 1. The zero-order valence-corrected chi connectivity index (χ0v) is 12.7. The van der Waals surface area contributed by atoms with Crippen LogP contribution in [0.15, 0.2) is 29.3 Å². The van der Waals surface area contributed by atoms with Crippen LogP contribution in [0.2, 0.25) is 5.02 Å². The molecule has 1 aromatic carbocycles. The Morgan fingerprint density at radius 2 is 2.05 bits per heavy atom. The quantitative estimate of drug-likeness (QED) is 0.930. The van der Waals surface area contributed by atoms with Gasteiger partial charge < -0.3 is 10.2 Å². The van der Waals surface area contributed by atoms with Crippen LogP contribution in [0, 0.1) is 0 Å². The number of carbonyl (C=O) groups excluding carboxylic acids is 2. The topological polar surface area (TPSA) is 61.8 Å². The maximum absolute atomic E-state index is 11.9. The summed E-state index contributed by atoms with van der Waals surface area (Å²) in [6.07, 6.45) is 0.104. The number of carbonyl (C=O) groups is 2. The van der Waals surface area contributed by atoms with Crippen molar-refractivity contribution in [2.24, 2.45) is 4.99 Å². The molecule has 1 aliphatic rings. The molecule has 0 fully saturated rings. The molecule has 5 nitrogen and oxygen atoms in total.